The van der Waals surface area contributed by atoms with Gasteiger partial charge in [0, 0.05) is 32.1 Å². The molecule has 0 aliphatic heterocycles. The van der Waals surface area contributed by atoms with Gasteiger partial charge in [-0.15, -0.1) is 10.1 Å². The third kappa shape index (κ3) is 6.76. The van der Waals surface area contributed by atoms with Crippen molar-refractivity contribution in [1.29, 1.82) is 0 Å². The normalized spacial score (nSPS) is 11.3. The van der Waals surface area contributed by atoms with Gasteiger partial charge in [0.1, 0.15) is 11.5 Å². The number of nitrogens with zero attached hydrogens (tertiary/aromatic N) is 2. The Balaban J connectivity index is 2.21. The highest BCUT2D eigenvalue weighted by atomic mass is 16.7. The van der Waals surface area contributed by atoms with Crippen molar-refractivity contribution < 1.29 is 19.1 Å². The minimum absolute atomic E-state index is 0.0692. The lowest BCUT2D eigenvalue weighted by atomic mass is 9.81. The Morgan fingerprint density at radius 2 is 1.05 bits per heavy atom. The van der Waals surface area contributed by atoms with Crippen molar-refractivity contribution in [2.45, 2.75) is 47.5 Å². The second-order valence-corrected chi connectivity index (χ2v) is 9.00. The van der Waals surface area contributed by atoms with E-state index in [1.165, 1.54) is 22.3 Å². The highest BCUT2D eigenvalue weighted by Crippen LogP contribution is 2.41. The molecule has 3 aromatic carbocycles. The lowest BCUT2D eigenvalue weighted by Gasteiger charge is -2.26. The van der Waals surface area contributed by atoms with Crippen LogP contribution in [0.25, 0.3) is 0 Å². The van der Waals surface area contributed by atoms with Gasteiger partial charge in [0.25, 0.3) is 0 Å². The van der Waals surface area contributed by atoms with E-state index in [0.29, 0.717) is 11.5 Å². The summed E-state index contributed by atoms with van der Waals surface area (Å²) in [5.74, 6) is 2.98. The van der Waals surface area contributed by atoms with Gasteiger partial charge in [-0.05, 0) is 106 Å². The molecular weight excluding hydrogens is 464 g/mol. The summed E-state index contributed by atoms with van der Waals surface area (Å²) in [6, 6.07) is 18.8. The highest BCUT2D eigenvalue weighted by molar-refractivity contribution is 5.55. The van der Waals surface area contributed by atoms with Gasteiger partial charge in [-0.25, -0.2) is 0 Å². The molecule has 0 spiro atoms. The van der Waals surface area contributed by atoms with Crippen LogP contribution in [0.2, 0.25) is 0 Å². The van der Waals surface area contributed by atoms with Crippen LogP contribution in [0.5, 0.6) is 23.0 Å². The highest BCUT2D eigenvalue weighted by Gasteiger charge is 2.24. The molecule has 0 bridgehead atoms. The fraction of sp³-hybridized carbons (Fsp3) is 0.419. The summed E-state index contributed by atoms with van der Waals surface area (Å²) in [4.78, 5) is 12.4. The van der Waals surface area contributed by atoms with E-state index in [-0.39, 0.29) is 5.92 Å². The van der Waals surface area contributed by atoms with Crippen LogP contribution in [0.3, 0.4) is 0 Å². The number of ether oxygens (including phenoxy) is 2. The monoisotopic (exact) mass is 506 g/mol. The molecule has 0 saturated heterocycles. The zero-order valence-electron chi connectivity index (χ0n) is 23.6. The van der Waals surface area contributed by atoms with Crippen molar-refractivity contribution in [3.63, 3.8) is 0 Å². The molecule has 0 atom stereocenters. The fourth-order valence-corrected chi connectivity index (χ4v) is 4.54. The van der Waals surface area contributed by atoms with E-state index in [1.807, 2.05) is 28.3 Å². The largest absolute Gasteiger partial charge is 0.493 e. The average Bonchev–Trinajstić information content (AvgIpc) is 2.93. The summed E-state index contributed by atoms with van der Waals surface area (Å²) in [5, 5.41) is 3.90. The SMILES string of the molecule is CCN(CC)Oc1ccc(C)c(C(c2ccc(OC)c(OC)c2)c2cc(ON(CC)CC)ccc2C)c1. The van der Waals surface area contributed by atoms with Crippen LogP contribution >= 0.6 is 0 Å². The van der Waals surface area contributed by atoms with Crippen molar-refractivity contribution in [1.82, 2.24) is 10.1 Å². The van der Waals surface area contributed by atoms with Crippen molar-refractivity contribution >= 4 is 0 Å². The average molecular weight is 507 g/mol. The Morgan fingerprint density at radius 1 is 0.595 bits per heavy atom. The number of methoxy groups -OCH3 is 2. The van der Waals surface area contributed by atoms with Crippen LogP contribution in [0.4, 0.5) is 0 Å². The van der Waals surface area contributed by atoms with Gasteiger partial charge in [-0.2, -0.15) is 0 Å². The first kappa shape index (κ1) is 28.4. The molecule has 0 amide bonds. The Morgan fingerprint density at radius 3 is 1.46 bits per heavy atom. The molecule has 0 heterocycles. The smallest absolute Gasteiger partial charge is 0.161 e. The van der Waals surface area contributed by atoms with Crippen LogP contribution in [0.1, 0.15) is 61.4 Å². The summed E-state index contributed by atoms with van der Waals surface area (Å²) >= 11 is 0. The second-order valence-electron chi connectivity index (χ2n) is 9.00. The number of hydrogen-bond acceptors (Lipinski definition) is 6. The maximum atomic E-state index is 6.20. The van der Waals surface area contributed by atoms with Crippen LogP contribution in [0, 0.1) is 13.8 Å². The third-order valence-electron chi connectivity index (χ3n) is 6.74. The maximum Gasteiger partial charge on any atom is 0.161 e. The molecule has 0 saturated carbocycles. The molecule has 0 aliphatic rings. The Kier molecular flexibility index (Phi) is 10.2. The Hall–Kier alpha value is -3.22. The first-order valence-electron chi connectivity index (χ1n) is 13.2. The number of rotatable bonds is 13. The van der Waals surface area contributed by atoms with E-state index in [4.69, 9.17) is 19.1 Å². The molecule has 200 valence electrons. The summed E-state index contributed by atoms with van der Waals surface area (Å²) in [6.45, 7) is 15.9. The summed E-state index contributed by atoms with van der Waals surface area (Å²) in [6.07, 6.45) is 0. The van der Waals surface area contributed by atoms with Gasteiger partial charge >= 0.3 is 0 Å². The summed E-state index contributed by atoms with van der Waals surface area (Å²) < 4.78 is 11.2. The standard InChI is InChI=1S/C31H42N2O4/c1-9-32(10-2)36-25-16-13-22(5)27(20-25)31(24-15-18-29(34-7)30(19-24)35-8)28-21-26(17-14-23(28)6)37-33(11-3)12-4/h13-21,31H,9-12H2,1-8H3. The minimum atomic E-state index is -0.0692. The Bertz CT molecular complexity index is 1090. The number of aryl methyl sites for hydroxylation is 2. The molecule has 6 heteroatoms. The van der Waals surface area contributed by atoms with Crippen LogP contribution in [-0.2, 0) is 0 Å². The topological polar surface area (TPSA) is 43.4 Å². The van der Waals surface area contributed by atoms with Crippen LogP contribution in [-0.4, -0.2) is 50.5 Å². The molecule has 0 aliphatic carbocycles. The van der Waals surface area contributed by atoms with Crippen molar-refractivity contribution in [2.24, 2.45) is 0 Å². The van der Waals surface area contributed by atoms with Gasteiger partial charge in [-0.3, -0.25) is 0 Å². The molecule has 37 heavy (non-hydrogen) atoms. The lowest BCUT2D eigenvalue weighted by molar-refractivity contribution is -0.0487. The van der Waals surface area contributed by atoms with Gasteiger partial charge < -0.3 is 19.1 Å². The van der Waals surface area contributed by atoms with Crippen molar-refractivity contribution in [3.8, 4) is 23.0 Å². The van der Waals surface area contributed by atoms with Gasteiger partial charge in [0.2, 0.25) is 0 Å². The zero-order chi connectivity index (χ0) is 26.9. The molecule has 3 aromatic rings. The van der Waals surface area contributed by atoms with Crippen molar-refractivity contribution in [2.75, 3.05) is 40.4 Å². The first-order chi connectivity index (χ1) is 17.9. The third-order valence-corrected chi connectivity index (χ3v) is 6.74. The predicted molar refractivity (Wildman–Crippen MR) is 150 cm³/mol. The quantitative estimate of drug-likeness (QED) is 0.188. The van der Waals surface area contributed by atoms with Gasteiger partial charge in [0.15, 0.2) is 11.5 Å². The Labute approximate surface area is 222 Å². The van der Waals surface area contributed by atoms with E-state index in [9.17, 15) is 0 Å². The molecular formula is C31H42N2O4. The van der Waals surface area contributed by atoms with Crippen molar-refractivity contribution in [3.05, 3.63) is 82.4 Å². The number of hydroxylamine groups is 4. The number of benzene rings is 3. The lowest BCUT2D eigenvalue weighted by Crippen LogP contribution is -2.27. The van der Waals surface area contributed by atoms with Gasteiger partial charge in [-0.1, -0.05) is 18.2 Å². The van der Waals surface area contributed by atoms with E-state index in [1.54, 1.807) is 14.2 Å². The summed E-state index contributed by atoms with van der Waals surface area (Å²) in [5.41, 5.74) is 5.80. The maximum absolute atomic E-state index is 6.20. The van der Waals surface area contributed by atoms with Gasteiger partial charge in [0.05, 0.1) is 14.2 Å². The second kappa shape index (κ2) is 13.4. The van der Waals surface area contributed by atoms with E-state index < -0.39 is 0 Å². The number of hydrogen-bond donors (Lipinski definition) is 0. The molecule has 0 aromatic heterocycles. The first-order valence-corrected chi connectivity index (χ1v) is 13.2. The molecule has 0 radical (unpaired) electrons. The van der Waals surface area contributed by atoms with Crippen LogP contribution in [0.15, 0.2) is 54.6 Å². The van der Waals surface area contributed by atoms with E-state index in [2.05, 4.69) is 77.9 Å². The molecule has 0 N–H and O–H groups in total. The summed E-state index contributed by atoms with van der Waals surface area (Å²) in [7, 11) is 3.33. The zero-order valence-corrected chi connectivity index (χ0v) is 23.6. The molecule has 6 nitrogen and oxygen atoms in total. The molecule has 0 unspecified atom stereocenters. The van der Waals surface area contributed by atoms with E-state index in [0.717, 1.165) is 43.2 Å². The molecule has 0 fully saturated rings. The fourth-order valence-electron chi connectivity index (χ4n) is 4.54. The van der Waals surface area contributed by atoms with Crippen LogP contribution < -0.4 is 19.1 Å². The molecule has 3 rings (SSSR count). The minimum Gasteiger partial charge on any atom is -0.493 e. The predicted octanol–water partition coefficient (Wildman–Crippen LogP) is 6.77. The van der Waals surface area contributed by atoms with E-state index >= 15 is 0 Å².